The van der Waals surface area contributed by atoms with Gasteiger partial charge in [0.1, 0.15) is 5.15 Å². The minimum atomic E-state index is -0.252. The lowest BCUT2D eigenvalue weighted by atomic mass is 9.90. The highest BCUT2D eigenvalue weighted by Gasteiger charge is 2.24. The van der Waals surface area contributed by atoms with E-state index in [9.17, 15) is 4.79 Å². The van der Waals surface area contributed by atoms with E-state index in [1.807, 2.05) is 48.7 Å². The molecule has 1 amide bonds. The van der Waals surface area contributed by atoms with Gasteiger partial charge in [-0.3, -0.25) is 9.48 Å². The molecule has 7 heteroatoms. The monoisotopic (exact) mass is 426 g/mol. The second-order valence-electron chi connectivity index (χ2n) is 6.95. The van der Waals surface area contributed by atoms with Crippen LogP contribution in [0.4, 0.5) is 0 Å². The first-order valence-corrected chi connectivity index (χ1v) is 10.0. The molecule has 29 heavy (non-hydrogen) atoms. The van der Waals surface area contributed by atoms with Crippen LogP contribution < -0.4 is 5.32 Å². The zero-order valence-electron chi connectivity index (χ0n) is 16.0. The Morgan fingerprint density at radius 2 is 1.86 bits per heavy atom. The number of aromatic nitrogens is 3. The molecule has 0 aliphatic carbocycles. The molecule has 0 bridgehead atoms. The molecule has 5 nitrogen and oxygen atoms in total. The molecule has 0 fully saturated rings. The van der Waals surface area contributed by atoms with Gasteiger partial charge in [-0.15, -0.1) is 0 Å². The van der Waals surface area contributed by atoms with Crippen LogP contribution in [0.3, 0.4) is 0 Å². The Labute approximate surface area is 178 Å². The van der Waals surface area contributed by atoms with E-state index in [1.54, 1.807) is 14.0 Å². The van der Waals surface area contributed by atoms with Crippen LogP contribution in [-0.4, -0.2) is 27.2 Å². The third-order valence-electron chi connectivity index (χ3n) is 5.12. The minimum absolute atomic E-state index is 0.125. The van der Waals surface area contributed by atoms with Crippen LogP contribution in [0.5, 0.6) is 0 Å². The van der Waals surface area contributed by atoms with Gasteiger partial charge in [-0.25, -0.2) is 0 Å². The molecule has 4 rings (SSSR count). The lowest BCUT2D eigenvalue weighted by Crippen LogP contribution is -2.29. The molecular formula is C22H20Cl2N4O. The number of carbonyl (C=O) groups excluding carboxylic acids is 1. The van der Waals surface area contributed by atoms with Crippen molar-refractivity contribution in [2.75, 3.05) is 6.54 Å². The number of nitrogens with one attached hydrogen (secondary N) is 2. The van der Waals surface area contributed by atoms with Gasteiger partial charge in [0, 0.05) is 41.6 Å². The molecule has 2 aromatic heterocycles. The third kappa shape index (κ3) is 3.63. The van der Waals surface area contributed by atoms with Crippen LogP contribution in [0.15, 0.2) is 54.7 Å². The number of H-pyrrole nitrogens is 1. The Morgan fingerprint density at radius 3 is 2.59 bits per heavy atom. The van der Waals surface area contributed by atoms with Crippen molar-refractivity contribution in [3.8, 4) is 0 Å². The van der Waals surface area contributed by atoms with Crippen LogP contribution in [0.25, 0.3) is 10.9 Å². The van der Waals surface area contributed by atoms with E-state index in [2.05, 4.69) is 21.5 Å². The topological polar surface area (TPSA) is 62.7 Å². The van der Waals surface area contributed by atoms with E-state index in [4.69, 9.17) is 23.2 Å². The molecule has 0 aliphatic rings. The van der Waals surface area contributed by atoms with Crippen molar-refractivity contribution in [3.05, 3.63) is 87.3 Å². The summed E-state index contributed by atoms with van der Waals surface area (Å²) < 4.78 is 1.50. The fraction of sp³-hybridized carbons (Fsp3) is 0.182. The van der Waals surface area contributed by atoms with Gasteiger partial charge >= 0.3 is 0 Å². The lowest BCUT2D eigenvalue weighted by Gasteiger charge is -2.19. The first-order valence-electron chi connectivity index (χ1n) is 9.25. The number of halogens is 2. The second-order valence-corrected chi connectivity index (χ2v) is 7.71. The molecular weight excluding hydrogens is 407 g/mol. The van der Waals surface area contributed by atoms with Gasteiger partial charge in [-0.2, -0.15) is 5.10 Å². The fourth-order valence-electron chi connectivity index (χ4n) is 3.70. The predicted octanol–water partition coefficient (Wildman–Crippen LogP) is 5.08. The number of aromatic amines is 1. The summed E-state index contributed by atoms with van der Waals surface area (Å²) in [6.07, 6.45) is 1.98. The number of rotatable bonds is 5. The molecule has 2 aromatic carbocycles. The van der Waals surface area contributed by atoms with Crippen molar-refractivity contribution >= 4 is 40.0 Å². The summed E-state index contributed by atoms with van der Waals surface area (Å²) in [6, 6.07) is 15.8. The number of amides is 1. The largest absolute Gasteiger partial charge is 0.361 e. The normalized spacial score (nSPS) is 12.3. The smallest absolute Gasteiger partial charge is 0.256 e. The Morgan fingerprint density at radius 1 is 1.14 bits per heavy atom. The van der Waals surface area contributed by atoms with Crippen molar-refractivity contribution in [1.82, 2.24) is 20.1 Å². The van der Waals surface area contributed by atoms with E-state index in [0.717, 1.165) is 22.0 Å². The van der Waals surface area contributed by atoms with Crippen LogP contribution in [0, 0.1) is 6.92 Å². The minimum Gasteiger partial charge on any atom is -0.361 e. The molecule has 1 atom stereocenters. The number of hydrogen-bond acceptors (Lipinski definition) is 2. The standard InChI is InChI=1S/C22H20Cl2N4O/c1-13-20(21(24)28(2)27-13)22(29)26-12-16(14-7-3-5-9-18(14)23)17-11-25-19-10-6-4-8-15(17)19/h3-11,16,25H,12H2,1-2H3,(H,26,29). The van der Waals surface area contributed by atoms with Crippen molar-refractivity contribution in [2.45, 2.75) is 12.8 Å². The van der Waals surface area contributed by atoms with Gasteiger partial charge in [-0.1, -0.05) is 59.6 Å². The highest BCUT2D eigenvalue weighted by molar-refractivity contribution is 6.33. The Balaban J connectivity index is 1.70. The zero-order chi connectivity index (χ0) is 20.5. The zero-order valence-corrected chi connectivity index (χ0v) is 17.6. The number of para-hydroxylation sites is 1. The van der Waals surface area contributed by atoms with Gasteiger partial charge in [0.2, 0.25) is 0 Å². The number of benzene rings is 2. The van der Waals surface area contributed by atoms with Crippen molar-refractivity contribution in [2.24, 2.45) is 7.05 Å². The Bertz CT molecular complexity index is 1190. The van der Waals surface area contributed by atoms with Gasteiger partial charge in [0.25, 0.3) is 5.91 Å². The average Bonchev–Trinajstić information content (AvgIpc) is 3.24. The average molecular weight is 427 g/mol. The maximum atomic E-state index is 12.9. The highest BCUT2D eigenvalue weighted by atomic mass is 35.5. The number of hydrogen-bond donors (Lipinski definition) is 2. The van der Waals surface area contributed by atoms with E-state index >= 15 is 0 Å². The summed E-state index contributed by atoms with van der Waals surface area (Å²) in [7, 11) is 1.71. The van der Waals surface area contributed by atoms with Gasteiger partial charge in [0.05, 0.1) is 11.3 Å². The molecule has 2 N–H and O–H groups in total. The Kier molecular flexibility index (Phi) is 5.35. The second kappa shape index (κ2) is 7.93. The first-order chi connectivity index (χ1) is 14.0. The quantitative estimate of drug-likeness (QED) is 0.467. The van der Waals surface area contributed by atoms with Crippen molar-refractivity contribution < 1.29 is 4.79 Å². The SMILES string of the molecule is Cc1nn(C)c(Cl)c1C(=O)NCC(c1ccccc1Cl)c1c[nH]c2ccccc12. The molecule has 0 aliphatic heterocycles. The molecule has 0 spiro atoms. The number of carbonyl (C=O) groups is 1. The maximum absolute atomic E-state index is 12.9. The molecule has 0 saturated heterocycles. The first kappa shape index (κ1) is 19.6. The number of aryl methyl sites for hydroxylation is 2. The molecule has 0 saturated carbocycles. The van der Waals surface area contributed by atoms with E-state index in [-0.39, 0.29) is 11.8 Å². The summed E-state index contributed by atoms with van der Waals surface area (Å²) in [4.78, 5) is 16.2. The summed E-state index contributed by atoms with van der Waals surface area (Å²) >= 11 is 12.8. The number of fused-ring (bicyclic) bond motifs is 1. The van der Waals surface area contributed by atoms with Crippen molar-refractivity contribution in [1.29, 1.82) is 0 Å². The summed E-state index contributed by atoms with van der Waals surface area (Å²) in [5.41, 5.74) is 4.05. The van der Waals surface area contributed by atoms with Crippen LogP contribution in [0.2, 0.25) is 10.2 Å². The summed E-state index contributed by atoms with van der Waals surface area (Å²) in [5, 5.41) is 9.32. The van der Waals surface area contributed by atoms with Crippen molar-refractivity contribution in [3.63, 3.8) is 0 Å². The van der Waals surface area contributed by atoms with E-state index < -0.39 is 0 Å². The van der Waals surface area contributed by atoms with E-state index in [0.29, 0.717) is 28.0 Å². The fourth-order valence-corrected chi connectivity index (χ4v) is 4.23. The predicted molar refractivity (Wildman–Crippen MR) is 117 cm³/mol. The molecule has 4 aromatic rings. The number of nitrogens with zero attached hydrogens (tertiary/aromatic N) is 2. The lowest BCUT2D eigenvalue weighted by molar-refractivity contribution is 0.0952. The molecule has 0 radical (unpaired) electrons. The van der Waals surface area contributed by atoms with E-state index in [1.165, 1.54) is 4.68 Å². The van der Waals surface area contributed by atoms with Crippen LogP contribution >= 0.6 is 23.2 Å². The highest BCUT2D eigenvalue weighted by Crippen LogP contribution is 2.34. The van der Waals surface area contributed by atoms with Gasteiger partial charge < -0.3 is 10.3 Å². The van der Waals surface area contributed by atoms with Gasteiger partial charge in [0.15, 0.2) is 0 Å². The third-order valence-corrected chi connectivity index (χ3v) is 5.90. The van der Waals surface area contributed by atoms with Crippen LogP contribution in [-0.2, 0) is 7.05 Å². The van der Waals surface area contributed by atoms with Crippen LogP contribution in [0.1, 0.15) is 33.1 Å². The van der Waals surface area contributed by atoms with Gasteiger partial charge in [-0.05, 0) is 30.2 Å². The summed E-state index contributed by atoms with van der Waals surface area (Å²) in [5.74, 6) is -0.378. The molecule has 148 valence electrons. The Hall–Kier alpha value is -2.76. The summed E-state index contributed by atoms with van der Waals surface area (Å²) in [6.45, 7) is 2.14. The maximum Gasteiger partial charge on any atom is 0.256 e. The molecule has 1 unspecified atom stereocenters. The molecule has 2 heterocycles.